The van der Waals surface area contributed by atoms with E-state index in [0.717, 1.165) is 72.3 Å². The summed E-state index contributed by atoms with van der Waals surface area (Å²) in [7, 11) is 0. The maximum absolute atomic E-state index is 5.94. The first-order valence-corrected chi connectivity index (χ1v) is 13.2. The molecule has 7 heteroatoms. The van der Waals surface area contributed by atoms with E-state index in [1.807, 2.05) is 53.3 Å². The zero-order chi connectivity index (χ0) is 25.7. The predicted molar refractivity (Wildman–Crippen MR) is 149 cm³/mol. The van der Waals surface area contributed by atoms with Gasteiger partial charge >= 0.3 is 0 Å². The number of rotatable bonds is 8. The standard InChI is InChI=1S/C31H32N6O/c1-23-19-34-37-30(33-21-25-6-5-15-32-20-25)18-29(35-31(23)37)26-13-16-36(17-14-26)22-24-9-11-28(12-10-24)38-27-7-3-2-4-8-27/h2-12,15,18-20,26,33H,13-14,16-17,21-22H2,1H3. The molecule has 0 aliphatic carbocycles. The van der Waals surface area contributed by atoms with Gasteiger partial charge < -0.3 is 10.1 Å². The fourth-order valence-corrected chi connectivity index (χ4v) is 5.05. The molecule has 7 nitrogen and oxygen atoms in total. The van der Waals surface area contributed by atoms with E-state index in [9.17, 15) is 0 Å². The lowest BCUT2D eigenvalue weighted by atomic mass is 9.93. The number of para-hydroxylation sites is 1. The minimum absolute atomic E-state index is 0.436. The van der Waals surface area contributed by atoms with Crippen molar-refractivity contribution < 1.29 is 4.74 Å². The van der Waals surface area contributed by atoms with Crippen LogP contribution in [-0.2, 0) is 13.1 Å². The summed E-state index contributed by atoms with van der Waals surface area (Å²) in [5, 5.41) is 8.12. The number of ether oxygens (including phenoxy) is 1. The molecule has 1 N–H and O–H groups in total. The summed E-state index contributed by atoms with van der Waals surface area (Å²) in [6, 6.07) is 24.6. The Morgan fingerprint density at radius 1 is 0.895 bits per heavy atom. The van der Waals surface area contributed by atoms with Gasteiger partial charge in [-0.15, -0.1) is 0 Å². The molecule has 0 spiro atoms. The fourth-order valence-electron chi connectivity index (χ4n) is 5.05. The van der Waals surface area contributed by atoms with Gasteiger partial charge in [-0.25, -0.2) is 4.98 Å². The molecule has 38 heavy (non-hydrogen) atoms. The molecule has 0 unspecified atom stereocenters. The Bertz CT molecular complexity index is 1480. The lowest BCUT2D eigenvalue weighted by Gasteiger charge is -2.32. The smallest absolute Gasteiger partial charge is 0.160 e. The highest BCUT2D eigenvalue weighted by Gasteiger charge is 2.23. The van der Waals surface area contributed by atoms with Gasteiger partial charge in [0.25, 0.3) is 0 Å². The van der Waals surface area contributed by atoms with Crippen LogP contribution in [0.5, 0.6) is 11.5 Å². The number of piperidine rings is 1. The number of hydrogen-bond acceptors (Lipinski definition) is 6. The SMILES string of the molecule is Cc1cnn2c(NCc3cccnc3)cc(C3CCN(Cc4ccc(Oc5ccccc5)cc4)CC3)nc12. The van der Waals surface area contributed by atoms with Gasteiger partial charge in [0, 0.05) is 48.7 Å². The van der Waals surface area contributed by atoms with Crippen LogP contribution in [0.2, 0.25) is 0 Å². The molecule has 0 amide bonds. The number of likely N-dealkylation sites (tertiary alicyclic amines) is 1. The zero-order valence-electron chi connectivity index (χ0n) is 21.6. The van der Waals surface area contributed by atoms with Crippen LogP contribution in [0.25, 0.3) is 5.65 Å². The van der Waals surface area contributed by atoms with E-state index in [0.29, 0.717) is 12.5 Å². The van der Waals surface area contributed by atoms with Gasteiger partial charge in [-0.2, -0.15) is 9.61 Å². The molecule has 1 aliphatic rings. The summed E-state index contributed by atoms with van der Waals surface area (Å²) in [6.07, 6.45) is 7.76. The Labute approximate surface area is 223 Å². The first-order valence-electron chi connectivity index (χ1n) is 13.2. The number of aryl methyl sites for hydroxylation is 1. The number of fused-ring (bicyclic) bond motifs is 1. The van der Waals surface area contributed by atoms with E-state index < -0.39 is 0 Å². The highest BCUT2D eigenvalue weighted by atomic mass is 16.5. The fraction of sp³-hybridized carbons (Fsp3) is 0.258. The minimum atomic E-state index is 0.436. The van der Waals surface area contributed by atoms with Crippen molar-refractivity contribution in [2.45, 2.75) is 38.8 Å². The molecule has 1 aliphatic heterocycles. The van der Waals surface area contributed by atoms with E-state index in [1.165, 1.54) is 5.56 Å². The molecular weight excluding hydrogens is 472 g/mol. The summed E-state index contributed by atoms with van der Waals surface area (Å²) in [6.45, 7) is 5.82. The maximum Gasteiger partial charge on any atom is 0.160 e. The quantitative estimate of drug-likeness (QED) is 0.271. The van der Waals surface area contributed by atoms with Crippen molar-refractivity contribution in [3.8, 4) is 11.5 Å². The van der Waals surface area contributed by atoms with Crippen molar-refractivity contribution in [1.29, 1.82) is 0 Å². The lowest BCUT2D eigenvalue weighted by Crippen LogP contribution is -2.32. The maximum atomic E-state index is 5.94. The minimum Gasteiger partial charge on any atom is -0.457 e. The van der Waals surface area contributed by atoms with Gasteiger partial charge in [-0.05, 0) is 74.3 Å². The average Bonchev–Trinajstić information content (AvgIpc) is 3.35. The highest BCUT2D eigenvalue weighted by Crippen LogP contribution is 2.30. The van der Waals surface area contributed by atoms with E-state index in [-0.39, 0.29) is 0 Å². The Balaban J connectivity index is 1.09. The normalized spacial score (nSPS) is 14.6. The van der Waals surface area contributed by atoms with Gasteiger partial charge in [0.2, 0.25) is 0 Å². The molecule has 0 saturated carbocycles. The molecule has 6 rings (SSSR count). The second kappa shape index (κ2) is 11.0. The Hall–Kier alpha value is -4.23. The first kappa shape index (κ1) is 24.1. The van der Waals surface area contributed by atoms with Crippen LogP contribution < -0.4 is 10.1 Å². The molecule has 3 aromatic heterocycles. The molecule has 1 saturated heterocycles. The summed E-state index contributed by atoms with van der Waals surface area (Å²) in [5.74, 6) is 3.13. The lowest BCUT2D eigenvalue weighted by molar-refractivity contribution is 0.203. The summed E-state index contributed by atoms with van der Waals surface area (Å²) in [5.41, 5.74) is 5.61. The third-order valence-electron chi connectivity index (χ3n) is 7.18. The monoisotopic (exact) mass is 504 g/mol. The third kappa shape index (κ3) is 5.53. The van der Waals surface area contributed by atoms with Crippen molar-refractivity contribution in [1.82, 2.24) is 24.5 Å². The highest BCUT2D eigenvalue weighted by molar-refractivity contribution is 5.54. The zero-order valence-corrected chi connectivity index (χ0v) is 21.6. The molecule has 0 radical (unpaired) electrons. The van der Waals surface area contributed by atoms with Crippen LogP contribution >= 0.6 is 0 Å². The van der Waals surface area contributed by atoms with Crippen LogP contribution in [0.4, 0.5) is 5.82 Å². The number of benzene rings is 2. The number of hydrogen-bond donors (Lipinski definition) is 1. The molecule has 5 aromatic rings. The summed E-state index contributed by atoms with van der Waals surface area (Å²) < 4.78 is 7.85. The van der Waals surface area contributed by atoms with Crippen molar-refractivity contribution in [2.75, 3.05) is 18.4 Å². The second-order valence-corrected chi connectivity index (χ2v) is 9.95. The number of nitrogens with one attached hydrogen (secondary N) is 1. The largest absolute Gasteiger partial charge is 0.457 e. The van der Waals surface area contributed by atoms with E-state index in [4.69, 9.17) is 9.72 Å². The summed E-state index contributed by atoms with van der Waals surface area (Å²) in [4.78, 5) is 11.8. The van der Waals surface area contributed by atoms with Crippen LogP contribution in [0.3, 0.4) is 0 Å². The molecule has 4 heterocycles. The molecule has 1 fully saturated rings. The number of pyridine rings is 1. The number of aromatic nitrogens is 4. The third-order valence-corrected chi connectivity index (χ3v) is 7.18. The molecule has 2 aromatic carbocycles. The first-order chi connectivity index (χ1) is 18.7. The van der Waals surface area contributed by atoms with Gasteiger partial charge in [0.05, 0.1) is 6.20 Å². The average molecular weight is 505 g/mol. The molecule has 0 bridgehead atoms. The van der Waals surface area contributed by atoms with Crippen LogP contribution in [0, 0.1) is 6.92 Å². The van der Waals surface area contributed by atoms with Crippen molar-refractivity contribution in [2.24, 2.45) is 0 Å². The van der Waals surface area contributed by atoms with Crippen LogP contribution in [0.1, 0.15) is 41.1 Å². The summed E-state index contributed by atoms with van der Waals surface area (Å²) >= 11 is 0. The van der Waals surface area contributed by atoms with Crippen LogP contribution in [0.15, 0.2) is 91.4 Å². The molecule has 192 valence electrons. The van der Waals surface area contributed by atoms with Crippen molar-refractivity contribution in [3.05, 3.63) is 114 Å². The van der Waals surface area contributed by atoms with Gasteiger partial charge in [0.15, 0.2) is 5.65 Å². The topological polar surface area (TPSA) is 67.6 Å². The van der Waals surface area contributed by atoms with E-state index in [1.54, 1.807) is 6.20 Å². The van der Waals surface area contributed by atoms with Gasteiger partial charge in [-0.1, -0.05) is 36.4 Å². The predicted octanol–water partition coefficient (Wildman–Crippen LogP) is 6.22. The van der Waals surface area contributed by atoms with E-state index >= 15 is 0 Å². The van der Waals surface area contributed by atoms with Crippen molar-refractivity contribution >= 4 is 11.5 Å². The van der Waals surface area contributed by atoms with E-state index in [2.05, 4.69) is 63.6 Å². The Morgan fingerprint density at radius 3 is 2.45 bits per heavy atom. The Kier molecular flexibility index (Phi) is 7.00. The number of anilines is 1. The Morgan fingerprint density at radius 2 is 1.68 bits per heavy atom. The molecule has 0 atom stereocenters. The van der Waals surface area contributed by atoms with Crippen LogP contribution in [-0.4, -0.2) is 37.6 Å². The van der Waals surface area contributed by atoms with Gasteiger partial charge in [0.1, 0.15) is 17.3 Å². The number of nitrogens with zero attached hydrogens (tertiary/aromatic N) is 5. The second-order valence-electron chi connectivity index (χ2n) is 9.95. The van der Waals surface area contributed by atoms with Gasteiger partial charge in [-0.3, -0.25) is 9.88 Å². The molecular formula is C31H32N6O. The van der Waals surface area contributed by atoms with Crippen molar-refractivity contribution in [3.63, 3.8) is 0 Å².